The minimum absolute atomic E-state index is 0.125. The number of pyridine rings is 1. The van der Waals surface area contributed by atoms with Gasteiger partial charge in [-0.3, -0.25) is 4.98 Å². The topological polar surface area (TPSA) is 54.8 Å². The predicted molar refractivity (Wildman–Crippen MR) is 94.8 cm³/mol. The van der Waals surface area contributed by atoms with Crippen molar-refractivity contribution in [3.63, 3.8) is 0 Å². The maximum absolute atomic E-state index is 12.1. The minimum Gasteiger partial charge on any atom is -0.497 e. The average Bonchev–Trinajstić information content (AvgIpc) is 2.78. The molecule has 0 radical (unpaired) electrons. The van der Waals surface area contributed by atoms with Crippen LogP contribution in [0.4, 0.5) is 0 Å². The van der Waals surface area contributed by atoms with Gasteiger partial charge in [-0.15, -0.1) is 0 Å². The number of methoxy groups -OCH3 is 1. The zero-order chi connectivity index (χ0) is 17.4. The molecule has 1 aromatic heterocycles. The van der Waals surface area contributed by atoms with Gasteiger partial charge < -0.3 is 19.5 Å². The van der Waals surface area contributed by atoms with E-state index in [1.807, 2.05) is 30.3 Å². The van der Waals surface area contributed by atoms with Crippen LogP contribution in [0, 0.1) is 5.92 Å². The summed E-state index contributed by atoms with van der Waals surface area (Å²) in [4.78, 5) is 6.80. The summed E-state index contributed by atoms with van der Waals surface area (Å²) in [5.41, 5.74) is 1.39. The number of rotatable bonds is 2. The van der Waals surface area contributed by atoms with Gasteiger partial charge in [-0.2, -0.15) is 0 Å². The highest BCUT2D eigenvalue weighted by atomic mass is 16.5. The maximum atomic E-state index is 12.1. The van der Waals surface area contributed by atoms with Crippen LogP contribution in [0.25, 0.3) is 0 Å². The second-order valence-electron chi connectivity index (χ2n) is 6.99. The third-order valence-corrected chi connectivity index (χ3v) is 5.57. The van der Waals surface area contributed by atoms with E-state index in [2.05, 4.69) is 16.9 Å². The fraction of sp³-hybridized carbons (Fsp3) is 0.450. The number of hydrogen-bond donors (Lipinski definition) is 1. The molecule has 1 aromatic carbocycles. The Bertz CT molecular complexity index is 771. The molecular weight excluding hydrogens is 316 g/mol. The Balaban J connectivity index is 1.88. The van der Waals surface area contributed by atoms with Crippen LogP contribution in [0.5, 0.6) is 11.5 Å². The van der Waals surface area contributed by atoms with Crippen LogP contribution in [-0.4, -0.2) is 42.2 Å². The molecule has 2 aliphatic rings. The SMILES string of the molecule is COc1ccc2c(c1)OCc1ncccc1C2(O)C1CCN(C)CC1. The molecule has 0 spiro atoms. The van der Waals surface area contributed by atoms with Crippen LogP contribution in [0.15, 0.2) is 36.5 Å². The summed E-state index contributed by atoms with van der Waals surface area (Å²) in [6, 6.07) is 9.58. The Labute approximate surface area is 148 Å². The van der Waals surface area contributed by atoms with Crippen LogP contribution in [0.3, 0.4) is 0 Å². The Morgan fingerprint density at radius 2 is 2.04 bits per heavy atom. The van der Waals surface area contributed by atoms with Crippen molar-refractivity contribution in [3.8, 4) is 11.5 Å². The minimum atomic E-state index is -1.09. The molecule has 1 fully saturated rings. The van der Waals surface area contributed by atoms with Gasteiger partial charge in [0.1, 0.15) is 23.7 Å². The fourth-order valence-electron chi connectivity index (χ4n) is 4.12. The van der Waals surface area contributed by atoms with Crippen LogP contribution < -0.4 is 9.47 Å². The lowest BCUT2D eigenvalue weighted by molar-refractivity contribution is -0.0115. The van der Waals surface area contributed by atoms with Gasteiger partial charge in [0.2, 0.25) is 0 Å². The molecule has 132 valence electrons. The van der Waals surface area contributed by atoms with Gasteiger partial charge in [-0.1, -0.05) is 6.07 Å². The van der Waals surface area contributed by atoms with Crippen molar-refractivity contribution in [3.05, 3.63) is 53.3 Å². The molecular formula is C20H24N2O3. The Hall–Kier alpha value is -2.11. The second-order valence-corrected chi connectivity index (χ2v) is 6.99. The molecule has 1 N–H and O–H groups in total. The summed E-state index contributed by atoms with van der Waals surface area (Å²) in [7, 11) is 3.77. The molecule has 1 unspecified atom stereocenters. The zero-order valence-electron chi connectivity index (χ0n) is 14.7. The van der Waals surface area contributed by atoms with E-state index >= 15 is 0 Å². The Morgan fingerprint density at radius 3 is 2.80 bits per heavy atom. The number of piperidine rings is 1. The van der Waals surface area contributed by atoms with Crippen LogP contribution >= 0.6 is 0 Å². The lowest BCUT2D eigenvalue weighted by Crippen LogP contribution is -2.43. The standard InChI is InChI=1S/C20H24N2O3/c1-22-10-7-14(8-11-22)20(23)16-4-3-9-21-18(16)13-25-19-12-15(24-2)5-6-17(19)20/h3-6,9,12,14,23H,7-8,10-11,13H2,1-2H3. The lowest BCUT2D eigenvalue weighted by Gasteiger charge is -2.41. The van der Waals surface area contributed by atoms with Crippen molar-refractivity contribution >= 4 is 0 Å². The van der Waals surface area contributed by atoms with Crippen LogP contribution in [0.2, 0.25) is 0 Å². The molecule has 0 aliphatic carbocycles. The smallest absolute Gasteiger partial charge is 0.131 e. The third-order valence-electron chi connectivity index (χ3n) is 5.57. The molecule has 0 saturated carbocycles. The third kappa shape index (κ3) is 2.68. The molecule has 25 heavy (non-hydrogen) atoms. The van der Waals surface area contributed by atoms with Gasteiger partial charge in [-0.25, -0.2) is 0 Å². The van der Waals surface area contributed by atoms with Crippen molar-refractivity contribution in [2.45, 2.75) is 25.0 Å². The highest BCUT2D eigenvalue weighted by Gasteiger charge is 2.46. The van der Waals surface area contributed by atoms with Crippen molar-refractivity contribution in [1.29, 1.82) is 0 Å². The average molecular weight is 340 g/mol. The van der Waals surface area contributed by atoms with Crippen molar-refractivity contribution < 1.29 is 14.6 Å². The van der Waals surface area contributed by atoms with Gasteiger partial charge in [-0.05, 0) is 57.1 Å². The van der Waals surface area contributed by atoms with E-state index in [-0.39, 0.29) is 5.92 Å². The number of nitrogens with zero attached hydrogens (tertiary/aromatic N) is 2. The van der Waals surface area contributed by atoms with Gasteiger partial charge in [0.05, 0.1) is 12.8 Å². The molecule has 2 aliphatic heterocycles. The summed E-state index contributed by atoms with van der Waals surface area (Å²) < 4.78 is 11.4. The molecule has 4 rings (SSSR count). The Kier molecular flexibility index (Phi) is 4.13. The molecule has 5 nitrogen and oxygen atoms in total. The van der Waals surface area contributed by atoms with Crippen molar-refractivity contribution in [2.75, 3.05) is 27.2 Å². The van der Waals surface area contributed by atoms with E-state index in [0.29, 0.717) is 12.4 Å². The summed E-state index contributed by atoms with van der Waals surface area (Å²) in [6.45, 7) is 2.31. The highest BCUT2D eigenvalue weighted by molar-refractivity contribution is 5.51. The first kappa shape index (κ1) is 16.4. The number of benzene rings is 1. The predicted octanol–water partition coefficient (Wildman–Crippen LogP) is 2.56. The van der Waals surface area contributed by atoms with E-state index in [1.165, 1.54) is 0 Å². The molecule has 1 saturated heterocycles. The largest absolute Gasteiger partial charge is 0.497 e. The first-order valence-electron chi connectivity index (χ1n) is 8.79. The highest BCUT2D eigenvalue weighted by Crippen LogP contribution is 2.48. The first-order chi connectivity index (χ1) is 12.1. The summed E-state index contributed by atoms with van der Waals surface area (Å²) in [5, 5.41) is 12.1. The maximum Gasteiger partial charge on any atom is 0.131 e. The number of aromatic nitrogens is 1. The summed E-state index contributed by atoms with van der Waals surface area (Å²) in [5.74, 6) is 1.53. The molecule has 0 bridgehead atoms. The van der Waals surface area contributed by atoms with Gasteiger partial charge in [0.25, 0.3) is 0 Å². The number of hydrogen-bond acceptors (Lipinski definition) is 5. The summed E-state index contributed by atoms with van der Waals surface area (Å²) >= 11 is 0. The van der Waals surface area contributed by atoms with E-state index in [1.54, 1.807) is 13.3 Å². The number of likely N-dealkylation sites (tertiary alicyclic amines) is 1. The number of aliphatic hydroxyl groups is 1. The van der Waals surface area contributed by atoms with E-state index < -0.39 is 5.60 Å². The van der Waals surface area contributed by atoms with E-state index in [9.17, 15) is 5.11 Å². The fourth-order valence-corrected chi connectivity index (χ4v) is 4.12. The van der Waals surface area contributed by atoms with Gasteiger partial charge in [0.15, 0.2) is 0 Å². The molecule has 1 atom stereocenters. The van der Waals surface area contributed by atoms with Gasteiger partial charge in [0, 0.05) is 23.4 Å². The number of fused-ring (bicyclic) bond motifs is 2. The first-order valence-corrected chi connectivity index (χ1v) is 8.79. The lowest BCUT2D eigenvalue weighted by atomic mass is 9.71. The van der Waals surface area contributed by atoms with Gasteiger partial charge >= 0.3 is 0 Å². The monoisotopic (exact) mass is 340 g/mol. The number of ether oxygens (including phenoxy) is 2. The van der Waals surface area contributed by atoms with Crippen LogP contribution in [0.1, 0.15) is 29.7 Å². The Morgan fingerprint density at radius 1 is 1.24 bits per heavy atom. The van der Waals surface area contributed by atoms with E-state index in [0.717, 1.165) is 48.5 Å². The van der Waals surface area contributed by atoms with E-state index in [4.69, 9.17) is 9.47 Å². The van der Waals surface area contributed by atoms with Crippen LogP contribution in [-0.2, 0) is 12.2 Å². The van der Waals surface area contributed by atoms with Crippen molar-refractivity contribution in [1.82, 2.24) is 9.88 Å². The molecule has 3 heterocycles. The second kappa shape index (κ2) is 6.32. The normalized spacial score (nSPS) is 24.0. The van der Waals surface area contributed by atoms with Crippen molar-refractivity contribution in [2.24, 2.45) is 5.92 Å². The molecule has 5 heteroatoms. The molecule has 0 amide bonds. The zero-order valence-corrected chi connectivity index (χ0v) is 14.7. The summed E-state index contributed by atoms with van der Waals surface area (Å²) in [6.07, 6.45) is 3.63. The molecule has 2 aromatic rings. The quantitative estimate of drug-likeness (QED) is 0.911.